The van der Waals surface area contributed by atoms with Gasteiger partial charge >= 0.3 is 5.63 Å². The fourth-order valence-corrected chi connectivity index (χ4v) is 2.73. The molecule has 25 heavy (non-hydrogen) atoms. The Morgan fingerprint density at radius 3 is 2.48 bits per heavy atom. The highest BCUT2D eigenvalue weighted by Gasteiger charge is 2.07. The van der Waals surface area contributed by atoms with Crippen LogP contribution in [-0.2, 0) is 6.54 Å². The van der Waals surface area contributed by atoms with Gasteiger partial charge in [-0.25, -0.2) is 4.79 Å². The number of rotatable bonds is 6. The Labute approximate surface area is 147 Å². The number of nitrogens with one attached hydrogen (secondary N) is 1. The van der Waals surface area contributed by atoms with Crippen LogP contribution in [0.4, 0.5) is 0 Å². The molecule has 1 aromatic heterocycles. The molecule has 1 heterocycles. The summed E-state index contributed by atoms with van der Waals surface area (Å²) in [6.45, 7) is 7.99. The molecule has 4 nitrogen and oxygen atoms in total. The van der Waals surface area contributed by atoms with Crippen molar-refractivity contribution < 1.29 is 9.15 Å². The van der Waals surface area contributed by atoms with E-state index in [0.717, 1.165) is 22.3 Å². The second-order valence-electron chi connectivity index (χ2n) is 6.36. The van der Waals surface area contributed by atoms with Crippen LogP contribution in [0.1, 0.15) is 22.3 Å². The molecule has 0 aliphatic rings. The summed E-state index contributed by atoms with van der Waals surface area (Å²) in [5.41, 5.74) is 4.79. The molecular weight excluding hydrogens is 314 g/mol. The van der Waals surface area contributed by atoms with E-state index < -0.39 is 0 Å². The molecule has 0 saturated heterocycles. The highest BCUT2D eigenvalue weighted by molar-refractivity contribution is 5.81. The lowest BCUT2D eigenvalue weighted by Gasteiger charge is -2.10. The maximum Gasteiger partial charge on any atom is 0.336 e. The highest BCUT2D eigenvalue weighted by Crippen LogP contribution is 2.21. The third kappa shape index (κ3) is 4.28. The summed E-state index contributed by atoms with van der Waals surface area (Å²) in [7, 11) is 0. The zero-order chi connectivity index (χ0) is 17.8. The van der Waals surface area contributed by atoms with Crippen LogP contribution in [-0.4, -0.2) is 13.2 Å². The van der Waals surface area contributed by atoms with E-state index in [4.69, 9.17) is 9.15 Å². The second kappa shape index (κ2) is 7.53. The van der Waals surface area contributed by atoms with Crippen LogP contribution in [0.2, 0.25) is 0 Å². The minimum absolute atomic E-state index is 0.316. The number of hydrogen-bond acceptors (Lipinski definition) is 4. The van der Waals surface area contributed by atoms with Gasteiger partial charge in [0.05, 0.1) is 0 Å². The number of aryl methyl sites for hydroxylation is 3. The van der Waals surface area contributed by atoms with Crippen molar-refractivity contribution in [1.82, 2.24) is 5.32 Å². The van der Waals surface area contributed by atoms with Crippen molar-refractivity contribution in [2.75, 3.05) is 13.2 Å². The van der Waals surface area contributed by atoms with Crippen LogP contribution in [0.25, 0.3) is 11.0 Å². The van der Waals surface area contributed by atoms with Gasteiger partial charge in [0.15, 0.2) is 0 Å². The molecule has 3 rings (SSSR count). The Morgan fingerprint density at radius 1 is 1.00 bits per heavy atom. The average Bonchev–Trinajstić information content (AvgIpc) is 2.58. The maximum atomic E-state index is 11.8. The summed E-state index contributed by atoms with van der Waals surface area (Å²) >= 11 is 0. The van der Waals surface area contributed by atoms with Crippen LogP contribution < -0.4 is 15.7 Å². The first-order chi connectivity index (χ1) is 12.0. The summed E-state index contributed by atoms with van der Waals surface area (Å²) in [6, 6.07) is 13.6. The molecule has 130 valence electrons. The summed E-state index contributed by atoms with van der Waals surface area (Å²) in [5.74, 6) is 0.865. The molecule has 4 heteroatoms. The van der Waals surface area contributed by atoms with Gasteiger partial charge in [-0.1, -0.05) is 17.7 Å². The van der Waals surface area contributed by atoms with E-state index in [1.807, 2.05) is 37.3 Å². The molecule has 0 radical (unpaired) electrons. The first-order valence-corrected chi connectivity index (χ1v) is 8.47. The highest BCUT2D eigenvalue weighted by atomic mass is 16.5. The van der Waals surface area contributed by atoms with Gasteiger partial charge in [0.2, 0.25) is 0 Å². The lowest BCUT2D eigenvalue weighted by molar-refractivity contribution is 0.313. The van der Waals surface area contributed by atoms with Crippen LogP contribution in [0.15, 0.2) is 51.7 Å². The van der Waals surface area contributed by atoms with Gasteiger partial charge in [-0.2, -0.15) is 0 Å². The zero-order valence-corrected chi connectivity index (χ0v) is 14.9. The molecular formula is C21H23NO3. The van der Waals surface area contributed by atoms with Gasteiger partial charge in [-0.3, -0.25) is 0 Å². The van der Waals surface area contributed by atoms with E-state index in [1.54, 1.807) is 6.07 Å². The largest absolute Gasteiger partial charge is 0.492 e. The van der Waals surface area contributed by atoms with Gasteiger partial charge in [0.1, 0.15) is 17.9 Å². The molecule has 0 amide bonds. The van der Waals surface area contributed by atoms with Gasteiger partial charge in [0.25, 0.3) is 0 Å². The summed E-state index contributed by atoms with van der Waals surface area (Å²) < 4.78 is 11.0. The smallest absolute Gasteiger partial charge is 0.336 e. The molecule has 0 saturated carbocycles. The minimum Gasteiger partial charge on any atom is -0.492 e. The third-order valence-corrected chi connectivity index (χ3v) is 4.33. The maximum absolute atomic E-state index is 11.8. The van der Waals surface area contributed by atoms with E-state index in [2.05, 4.69) is 25.2 Å². The Morgan fingerprint density at radius 2 is 1.72 bits per heavy atom. The molecule has 0 fully saturated rings. The molecule has 0 unspecified atom stereocenters. The Balaban J connectivity index is 1.62. The lowest BCUT2D eigenvalue weighted by atomic mass is 10.0. The van der Waals surface area contributed by atoms with Gasteiger partial charge in [-0.05, 0) is 61.7 Å². The van der Waals surface area contributed by atoms with Crippen molar-refractivity contribution >= 4 is 11.0 Å². The summed E-state index contributed by atoms with van der Waals surface area (Å²) in [6.07, 6.45) is 0. The predicted molar refractivity (Wildman–Crippen MR) is 100 cm³/mol. The third-order valence-electron chi connectivity index (χ3n) is 4.33. The first-order valence-electron chi connectivity index (χ1n) is 8.47. The van der Waals surface area contributed by atoms with Crippen LogP contribution in [0, 0.1) is 20.8 Å². The molecule has 1 N–H and O–H groups in total. The van der Waals surface area contributed by atoms with Crippen LogP contribution >= 0.6 is 0 Å². The Kier molecular flexibility index (Phi) is 5.19. The molecule has 0 bridgehead atoms. The van der Waals surface area contributed by atoms with E-state index >= 15 is 0 Å². The standard InChI is InChI=1S/C21H23NO3/c1-14-4-6-18(7-5-14)24-9-8-22-13-17-12-21(23)25-20-11-16(3)15(2)10-19(17)20/h4-7,10-12,22H,8-9,13H2,1-3H3. The van der Waals surface area contributed by atoms with Gasteiger partial charge in [-0.15, -0.1) is 0 Å². The normalized spacial score (nSPS) is 11.0. The Hall–Kier alpha value is -2.59. The lowest BCUT2D eigenvalue weighted by Crippen LogP contribution is -2.21. The van der Waals surface area contributed by atoms with E-state index in [-0.39, 0.29) is 5.63 Å². The zero-order valence-electron chi connectivity index (χ0n) is 14.9. The second-order valence-corrected chi connectivity index (χ2v) is 6.36. The average molecular weight is 337 g/mol. The summed E-state index contributed by atoms with van der Waals surface area (Å²) in [5, 5.41) is 4.31. The van der Waals surface area contributed by atoms with Crippen LogP contribution in [0.5, 0.6) is 5.75 Å². The monoisotopic (exact) mass is 337 g/mol. The SMILES string of the molecule is Cc1ccc(OCCNCc2cc(=O)oc3cc(C)c(C)cc23)cc1. The van der Waals surface area contributed by atoms with E-state index in [0.29, 0.717) is 25.3 Å². The quantitative estimate of drug-likeness (QED) is 0.548. The van der Waals surface area contributed by atoms with E-state index in [9.17, 15) is 4.79 Å². The minimum atomic E-state index is -0.316. The molecule has 0 aliphatic carbocycles. The molecule has 0 atom stereocenters. The van der Waals surface area contributed by atoms with Crippen molar-refractivity contribution in [3.8, 4) is 5.75 Å². The first kappa shape index (κ1) is 17.2. The molecule has 0 spiro atoms. The van der Waals surface area contributed by atoms with Crippen molar-refractivity contribution in [2.24, 2.45) is 0 Å². The van der Waals surface area contributed by atoms with Gasteiger partial charge in [0, 0.05) is 24.5 Å². The number of ether oxygens (including phenoxy) is 1. The molecule has 2 aromatic carbocycles. The molecule has 3 aromatic rings. The van der Waals surface area contributed by atoms with Crippen molar-refractivity contribution in [1.29, 1.82) is 0 Å². The number of benzene rings is 2. The topological polar surface area (TPSA) is 51.5 Å². The van der Waals surface area contributed by atoms with Crippen molar-refractivity contribution in [3.05, 3.63) is 75.1 Å². The van der Waals surface area contributed by atoms with Crippen LogP contribution in [0.3, 0.4) is 0 Å². The Bertz CT molecular complexity index is 926. The van der Waals surface area contributed by atoms with Gasteiger partial charge < -0.3 is 14.5 Å². The molecule has 0 aliphatic heterocycles. The predicted octanol–water partition coefficient (Wildman–Crippen LogP) is 3.89. The fraction of sp³-hybridized carbons (Fsp3) is 0.286. The number of fused-ring (bicyclic) bond motifs is 1. The number of hydrogen-bond donors (Lipinski definition) is 1. The van der Waals surface area contributed by atoms with E-state index in [1.165, 1.54) is 11.1 Å². The van der Waals surface area contributed by atoms with Crippen molar-refractivity contribution in [2.45, 2.75) is 27.3 Å². The fourth-order valence-electron chi connectivity index (χ4n) is 2.73. The summed E-state index contributed by atoms with van der Waals surface area (Å²) in [4.78, 5) is 11.8. The van der Waals surface area contributed by atoms with Crippen molar-refractivity contribution in [3.63, 3.8) is 0 Å².